The van der Waals surface area contributed by atoms with Crippen molar-refractivity contribution in [3.05, 3.63) is 22.6 Å². The highest BCUT2D eigenvalue weighted by atomic mass is 35.5. The fourth-order valence-corrected chi connectivity index (χ4v) is 2.31. The maximum atomic E-state index is 10.5. The highest BCUT2D eigenvalue weighted by Crippen LogP contribution is 2.34. The molecule has 0 amide bonds. The van der Waals surface area contributed by atoms with E-state index in [0.29, 0.717) is 23.0 Å². The van der Waals surface area contributed by atoms with Crippen LogP contribution in [-0.2, 0) is 0 Å². The number of carbonyl (C=O) groups is 1. The fourth-order valence-electron chi connectivity index (χ4n) is 2.01. The van der Waals surface area contributed by atoms with Crippen LogP contribution in [0.3, 0.4) is 0 Å². The van der Waals surface area contributed by atoms with Gasteiger partial charge in [-0.1, -0.05) is 11.6 Å². The first-order chi connectivity index (χ1) is 7.20. The van der Waals surface area contributed by atoms with Gasteiger partial charge in [0, 0.05) is 12.0 Å². The summed E-state index contributed by atoms with van der Waals surface area (Å²) in [4.78, 5) is 12.8. The first kappa shape index (κ1) is 10.7. The Bertz CT molecular complexity index is 353. The van der Waals surface area contributed by atoms with Gasteiger partial charge in [-0.3, -0.25) is 4.79 Å². The molecule has 3 nitrogen and oxygen atoms in total. The second-order valence-corrected chi connectivity index (χ2v) is 4.46. The Morgan fingerprint density at radius 1 is 1.53 bits per heavy atom. The summed E-state index contributed by atoms with van der Waals surface area (Å²) in [6.45, 7) is 2.11. The molecule has 0 N–H and O–H groups in total. The zero-order chi connectivity index (χ0) is 10.8. The Morgan fingerprint density at radius 2 is 2.20 bits per heavy atom. The second-order valence-electron chi connectivity index (χ2n) is 4.06. The number of piperidine rings is 1. The average Bonchev–Trinajstić information content (AvgIpc) is 2.61. The number of aldehydes is 1. The van der Waals surface area contributed by atoms with E-state index in [9.17, 15) is 4.79 Å². The van der Waals surface area contributed by atoms with Crippen molar-refractivity contribution in [1.29, 1.82) is 0 Å². The van der Waals surface area contributed by atoms with Crippen molar-refractivity contribution in [1.82, 2.24) is 4.90 Å². The van der Waals surface area contributed by atoms with Crippen molar-refractivity contribution in [3.8, 4) is 0 Å². The van der Waals surface area contributed by atoms with Crippen LogP contribution in [0.5, 0.6) is 0 Å². The van der Waals surface area contributed by atoms with Crippen LogP contribution in [0.2, 0.25) is 5.02 Å². The Balaban J connectivity index is 2.14. The van der Waals surface area contributed by atoms with Crippen LogP contribution in [0.1, 0.15) is 35.1 Å². The van der Waals surface area contributed by atoms with Crippen LogP contribution in [-0.4, -0.2) is 31.3 Å². The van der Waals surface area contributed by atoms with E-state index < -0.39 is 0 Å². The van der Waals surface area contributed by atoms with Gasteiger partial charge >= 0.3 is 0 Å². The molecular weight excluding hydrogens is 214 g/mol. The molecule has 2 rings (SSSR count). The predicted octanol–water partition coefficient (Wildman–Crippen LogP) is 2.55. The topological polar surface area (TPSA) is 33.5 Å². The minimum absolute atomic E-state index is 0.328. The lowest BCUT2D eigenvalue weighted by atomic mass is 9.95. The largest absolute Gasteiger partial charge is 0.456 e. The number of hydrogen-bond donors (Lipinski definition) is 0. The van der Waals surface area contributed by atoms with Crippen LogP contribution in [0, 0.1) is 0 Å². The quantitative estimate of drug-likeness (QED) is 0.729. The zero-order valence-electron chi connectivity index (χ0n) is 8.70. The summed E-state index contributed by atoms with van der Waals surface area (Å²) >= 11 is 6.03. The summed E-state index contributed by atoms with van der Waals surface area (Å²) in [7, 11) is 2.11. The third-order valence-electron chi connectivity index (χ3n) is 2.94. The molecule has 4 heteroatoms. The molecule has 1 aromatic heterocycles. The molecule has 0 aromatic carbocycles. The first-order valence-corrected chi connectivity index (χ1v) is 5.51. The lowest BCUT2D eigenvalue weighted by molar-refractivity contribution is 0.109. The number of furan rings is 1. The Morgan fingerprint density at radius 3 is 2.73 bits per heavy atom. The minimum Gasteiger partial charge on any atom is -0.456 e. The number of nitrogens with zero attached hydrogens (tertiary/aromatic N) is 1. The van der Waals surface area contributed by atoms with Crippen molar-refractivity contribution < 1.29 is 9.21 Å². The number of likely N-dealkylation sites (tertiary alicyclic amines) is 1. The van der Waals surface area contributed by atoms with Crippen LogP contribution in [0.25, 0.3) is 0 Å². The van der Waals surface area contributed by atoms with Crippen LogP contribution < -0.4 is 0 Å². The Labute approximate surface area is 94.0 Å². The van der Waals surface area contributed by atoms with Gasteiger partial charge in [-0.2, -0.15) is 0 Å². The predicted molar refractivity (Wildman–Crippen MR) is 58.6 cm³/mol. The molecule has 15 heavy (non-hydrogen) atoms. The molecule has 0 spiro atoms. The molecule has 2 heterocycles. The first-order valence-electron chi connectivity index (χ1n) is 5.13. The van der Waals surface area contributed by atoms with Crippen molar-refractivity contribution >= 4 is 17.9 Å². The van der Waals surface area contributed by atoms with E-state index in [0.717, 1.165) is 31.7 Å². The van der Waals surface area contributed by atoms with E-state index >= 15 is 0 Å². The van der Waals surface area contributed by atoms with Gasteiger partial charge in [0.1, 0.15) is 5.76 Å². The Kier molecular flexibility index (Phi) is 3.12. The van der Waals surface area contributed by atoms with Gasteiger partial charge in [-0.15, -0.1) is 0 Å². The lowest BCUT2D eigenvalue weighted by Crippen LogP contribution is -2.29. The van der Waals surface area contributed by atoms with Gasteiger partial charge in [0.15, 0.2) is 12.0 Å². The van der Waals surface area contributed by atoms with Crippen molar-refractivity contribution in [2.75, 3.05) is 20.1 Å². The SMILES string of the molecule is CN1CCC(c2oc(C=O)cc2Cl)CC1. The molecule has 1 fully saturated rings. The second kappa shape index (κ2) is 4.37. The Hall–Kier alpha value is -0.800. The summed E-state index contributed by atoms with van der Waals surface area (Å²) in [5.74, 6) is 1.48. The monoisotopic (exact) mass is 227 g/mol. The lowest BCUT2D eigenvalue weighted by Gasteiger charge is -2.27. The standard InChI is InChI=1S/C11H14ClNO2/c1-13-4-2-8(3-5-13)11-10(12)6-9(7-14)15-11/h6-8H,2-5H2,1H3. The van der Waals surface area contributed by atoms with Gasteiger partial charge < -0.3 is 9.32 Å². The maximum absolute atomic E-state index is 10.5. The van der Waals surface area contributed by atoms with E-state index in [-0.39, 0.29) is 0 Å². The number of rotatable bonds is 2. The van der Waals surface area contributed by atoms with Crippen molar-refractivity contribution in [2.24, 2.45) is 0 Å². The smallest absolute Gasteiger partial charge is 0.185 e. The normalized spacial score (nSPS) is 19.3. The minimum atomic E-state index is 0.328. The third-order valence-corrected chi connectivity index (χ3v) is 3.23. The summed E-state index contributed by atoms with van der Waals surface area (Å²) in [5, 5.41) is 0.589. The molecule has 1 aliphatic heterocycles. The fraction of sp³-hybridized carbons (Fsp3) is 0.545. The van der Waals surface area contributed by atoms with E-state index in [1.807, 2.05) is 0 Å². The van der Waals surface area contributed by atoms with Crippen LogP contribution in [0.4, 0.5) is 0 Å². The van der Waals surface area contributed by atoms with Gasteiger partial charge in [-0.05, 0) is 33.0 Å². The summed E-state index contributed by atoms with van der Waals surface area (Å²) < 4.78 is 5.42. The van der Waals surface area contributed by atoms with Gasteiger partial charge in [-0.25, -0.2) is 0 Å². The van der Waals surface area contributed by atoms with Crippen LogP contribution >= 0.6 is 11.6 Å². The highest BCUT2D eigenvalue weighted by molar-refractivity contribution is 6.31. The van der Waals surface area contributed by atoms with Gasteiger partial charge in [0.2, 0.25) is 0 Å². The van der Waals surface area contributed by atoms with Crippen molar-refractivity contribution in [2.45, 2.75) is 18.8 Å². The molecule has 1 aliphatic rings. The molecular formula is C11H14ClNO2. The molecule has 0 unspecified atom stereocenters. The van der Waals surface area contributed by atoms with Gasteiger partial charge in [0.05, 0.1) is 5.02 Å². The van der Waals surface area contributed by atoms with Gasteiger partial charge in [0.25, 0.3) is 0 Å². The van der Waals surface area contributed by atoms with Crippen molar-refractivity contribution in [3.63, 3.8) is 0 Å². The number of halogens is 1. The van der Waals surface area contributed by atoms with E-state index in [2.05, 4.69) is 11.9 Å². The maximum Gasteiger partial charge on any atom is 0.185 e. The third kappa shape index (κ3) is 2.24. The number of carbonyl (C=O) groups excluding carboxylic acids is 1. The molecule has 0 saturated carbocycles. The number of hydrogen-bond acceptors (Lipinski definition) is 3. The highest BCUT2D eigenvalue weighted by Gasteiger charge is 2.24. The molecule has 0 aliphatic carbocycles. The summed E-state index contributed by atoms with van der Waals surface area (Å²) in [6.07, 6.45) is 2.79. The molecule has 82 valence electrons. The summed E-state index contributed by atoms with van der Waals surface area (Å²) in [5.41, 5.74) is 0. The molecule has 1 saturated heterocycles. The van der Waals surface area contributed by atoms with Crippen LogP contribution in [0.15, 0.2) is 10.5 Å². The molecule has 0 atom stereocenters. The van der Waals surface area contributed by atoms with E-state index in [1.54, 1.807) is 6.07 Å². The average molecular weight is 228 g/mol. The molecule has 0 bridgehead atoms. The van der Waals surface area contributed by atoms with E-state index in [1.165, 1.54) is 0 Å². The van der Waals surface area contributed by atoms with E-state index in [4.69, 9.17) is 16.0 Å². The zero-order valence-corrected chi connectivity index (χ0v) is 9.46. The molecule has 0 radical (unpaired) electrons. The molecule has 1 aromatic rings. The summed E-state index contributed by atoms with van der Waals surface area (Å²) in [6, 6.07) is 1.60.